The Bertz CT molecular complexity index is 216. The number of hydrogen-bond acceptors (Lipinski definition) is 3. The predicted octanol–water partition coefficient (Wildman–Crippen LogP) is 2.09. The first-order valence-corrected chi connectivity index (χ1v) is 6.62. The van der Waals surface area contributed by atoms with Gasteiger partial charge in [-0.2, -0.15) is 0 Å². The van der Waals surface area contributed by atoms with Crippen LogP contribution in [0.25, 0.3) is 0 Å². The van der Waals surface area contributed by atoms with Gasteiger partial charge in [0.2, 0.25) is 0 Å². The summed E-state index contributed by atoms with van der Waals surface area (Å²) in [6, 6.07) is 0. The van der Waals surface area contributed by atoms with E-state index in [-0.39, 0.29) is 0 Å². The van der Waals surface area contributed by atoms with Gasteiger partial charge in [-0.15, -0.1) is 0 Å². The number of methoxy groups -OCH3 is 1. The van der Waals surface area contributed by atoms with E-state index in [0.717, 1.165) is 26.0 Å². The van der Waals surface area contributed by atoms with Crippen LogP contribution in [0.3, 0.4) is 0 Å². The quantitative estimate of drug-likeness (QED) is 0.755. The summed E-state index contributed by atoms with van der Waals surface area (Å²) in [7, 11) is 1.81. The van der Waals surface area contributed by atoms with Crippen LogP contribution < -0.4 is 5.73 Å². The van der Waals surface area contributed by atoms with Gasteiger partial charge in [-0.05, 0) is 56.9 Å². The summed E-state index contributed by atoms with van der Waals surface area (Å²) in [5.74, 6) is 0. The lowest BCUT2D eigenvalue weighted by molar-refractivity contribution is -0.0440. The third kappa shape index (κ3) is 3.19. The van der Waals surface area contributed by atoms with Crippen molar-refractivity contribution in [2.75, 3.05) is 20.3 Å². The molecule has 2 aliphatic carbocycles. The van der Waals surface area contributed by atoms with Crippen LogP contribution in [0.4, 0.5) is 0 Å². The van der Waals surface area contributed by atoms with Crippen molar-refractivity contribution in [3.8, 4) is 0 Å². The van der Waals surface area contributed by atoms with E-state index in [9.17, 15) is 0 Å². The number of rotatable bonds is 6. The van der Waals surface area contributed by atoms with Crippen LogP contribution in [-0.4, -0.2) is 32.5 Å². The van der Waals surface area contributed by atoms with Crippen molar-refractivity contribution in [2.45, 2.75) is 57.2 Å². The van der Waals surface area contributed by atoms with Gasteiger partial charge in [0.05, 0.1) is 18.8 Å². The average Bonchev–Trinajstić information content (AvgIpc) is 3.08. The van der Waals surface area contributed by atoms with Gasteiger partial charge in [-0.25, -0.2) is 0 Å². The topological polar surface area (TPSA) is 44.5 Å². The summed E-state index contributed by atoms with van der Waals surface area (Å²) >= 11 is 0. The molecule has 94 valence electrons. The molecule has 0 aromatic heterocycles. The van der Waals surface area contributed by atoms with Crippen molar-refractivity contribution in [3.63, 3.8) is 0 Å². The fourth-order valence-electron chi connectivity index (χ4n) is 2.71. The highest BCUT2D eigenvalue weighted by atomic mass is 16.5. The van der Waals surface area contributed by atoms with Crippen molar-refractivity contribution in [3.05, 3.63) is 0 Å². The third-order valence-corrected chi connectivity index (χ3v) is 4.17. The molecule has 3 heteroatoms. The lowest BCUT2D eigenvalue weighted by Gasteiger charge is -2.29. The molecule has 0 amide bonds. The second-order valence-electron chi connectivity index (χ2n) is 5.50. The summed E-state index contributed by atoms with van der Waals surface area (Å²) in [5, 5.41) is 0. The van der Waals surface area contributed by atoms with Crippen molar-refractivity contribution in [1.29, 1.82) is 0 Å². The summed E-state index contributed by atoms with van der Waals surface area (Å²) in [4.78, 5) is 0. The van der Waals surface area contributed by atoms with E-state index < -0.39 is 0 Å². The van der Waals surface area contributed by atoms with Gasteiger partial charge in [0, 0.05) is 7.11 Å². The molecule has 0 bridgehead atoms. The van der Waals surface area contributed by atoms with E-state index in [4.69, 9.17) is 15.2 Å². The van der Waals surface area contributed by atoms with E-state index in [1.165, 1.54) is 32.1 Å². The van der Waals surface area contributed by atoms with Crippen molar-refractivity contribution >= 4 is 0 Å². The van der Waals surface area contributed by atoms with E-state index >= 15 is 0 Å². The molecule has 2 saturated carbocycles. The normalized spacial score (nSPS) is 32.6. The van der Waals surface area contributed by atoms with Crippen molar-refractivity contribution in [2.24, 2.45) is 11.1 Å². The standard InChI is InChI=1S/C13H25NO2/c1-15-11-3-2-4-12(9-11)16-10-13(5-6-13)7-8-14/h11-12H,2-10,14H2,1H3. The van der Waals surface area contributed by atoms with Crippen LogP contribution in [-0.2, 0) is 9.47 Å². The molecule has 0 saturated heterocycles. The van der Waals surface area contributed by atoms with E-state index in [1.54, 1.807) is 0 Å². The highest BCUT2D eigenvalue weighted by molar-refractivity contribution is 4.93. The highest BCUT2D eigenvalue weighted by Gasteiger charge is 2.42. The van der Waals surface area contributed by atoms with Crippen molar-refractivity contribution < 1.29 is 9.47 Å². The molecule has 0 aromatic carbocycles. The smallest absolute Gasteiger partial charge is 0.0600 e. The molecule has 0 aromatic rings. The summed E-state index contributed by atoms with van der Waals surface area (Å²) in [6.07, 6.45) is 9.32. The zero-order chi connectivity index (χ0) is 11.4. The first kappa shape index (κ1) is 12.3. The summed E-state index contributed by atoms with van der Waals surface area (Å²) < 4.78 is 11.5. The van der Waals surface area contributed by atoms with E-state index in [0.29, 0.717) is 17.6 Å². The largest absolute Gasteiger partial charge is 0.381 e. The molecule has 0 spiro atoms. The van der Waals surface area contributed by atoms with E-state index in [1.807, 2.05) is 7.11 Å². The summed E-state index contributed by atoms with van der Waals surface area (Å²) in [5.41, 5.74) is 6.08. The zero-order valence-electron chi connectivity index (χ0n) is 10.4. The first-order valence-electron chi connectivity index (χ1n) is 6.62. The second kappa shape index (κ2) is 5.48. The van der Waals surface area contributed by atoms with Gasteiger partial charge >= 0.3 is 0 Å². The minimum Gasteiger partial charge on any atom is -0.381 e. The first-order chi connectivity index (χ1) is 7.78. The molecule has 2 atom stereocenters. The zero-order valence-corrected chi connectivity index (χ0v) is 10.4. The Morgan fingerprint density at radius 1 is 1.25 bits per heavy atom. The Labute approximate surface area is 98.7 Å². The number of hydrogen-bond donors (Lipinski definition) is 1. The Kier molecular flexibility index (Phi) is 4.22. The van der Waals surface area contributed by atoms with Gasteiger partial charge in [-0.1, -0.05) is 0 Å². The fourth-order valence-corrected chi connectivity index (χ4v) is 2.71. The Morgan fingerprint density at radius 3 is 2.62 bits per heavy atom. The fraction of sp³-hybridized carbons (Fsp3) is 1.00. The maximum Gasteiger partial charge on any atom is 0.0600 e. The van der Waals surface area contributed by atoms with Crippen LogP contribution in [0, 0.1) is 5.41 Å². The van der Waals surface area contributed by atoms with Crippen LogP contribution in [0.2, 0.25) is 0 Å². The SMILES string of the molecule is COC1CCCC(OCC2(CCN)CC2)C1. The molecule has 2 rings (SSSR count). The van der Waals surface area contributed by atoms with Crippen LogP contribution >= 0.6 is 0 Å². The molecular weight excluding hydrogens is 202 g/mol. The van der Waals surface area contributed by atoms with E-state index in [2.05, 4.69) is 0 Å². The molecule has 2 aliphatic rings. The van der Waals surface area contributed by atoms with Crippen LogP contribution in [0.15, 0.2) is 0 Å². The molecule has 3 nitrogen and oxygen atoms in total. The average molecular weight is 227 g/mol. The van der Waals surface area contributed by atoms with Gasteiger partial charge in [0.25, 0.3) is 0 Å². The molecule has 0 aliphatic heterocycles. The minimum absolute atomic E-state index is 0.420. The molecule has 2 N–H and O–H groups in total. The van der Waals surface area contributed by atoms with Gasteiger partial charge in [0.15, 0.2) is 0 Å². The third-order valence-electron chi connectivity index (χ3n) is 4.17. The minimum atomic E-state index is 0.420. The Balaban J connectivity index is 1.69. The lowest BCUT2D eigenvalue weighted by Crippen LogP contribution is -2.29. The number of nitrogens with two attached hydrogens (primary N) is 1. The van der Waals surface area contributed by atoms with Gasteiger partial charge < -0.3 is 15.2 Å². The molecule has 2 fully saturated rings. The Morgan fingerprint density at radius 2 is 2.00 bits per heavy atom. The van der Waals surface area contributed by atoms with Gasteiger partial charge in [0.1, 0.15) is 0 Å². The van der Waals surface area contributed by atoms with Gasteiger partial charge in [-0.3, -0.25) is 0 Å². The monoisotopic (exact) mass is 227 g/mol. The number of ether oxygens (including phenoxy) is 2. The highest BCUT2D eigenvalue weighted by Crippen LogP contribution is 2.49. The molecular formula is C13H25NO2. The molecule has 0 heterocycles. The molecule has 0 radical (unpaired) electrons. The van der Waals surface area contributed by atoms with Crippen LogP contribution in [0.5, 0.6) is 0 Å². The maximum atomic E-state index is 6.06. The molecule has 16 heavy (non-hydrogen) atoms. The van der Waals surface area contributed by atoms with Crippen LogP contribution in [0.1, 0.15) is 44.9 Å². The lowest BCUT2D eigenvalue weighted by atomic mass is 9.94. The predicted molar refractivity (Wildman–Crippen MR) is 64.3 cm³/mol. The second-order valence-corrected chi connectivity index (χ2v) is 5.50. The maximum absolute atomic E-state index is 6.06. The summed E-state index contributed by atoms with van der Waals surface area (Å²) in [6.45, 7) is 1.72. The Hall–Kier alpha value is -0.120. The van der Waals surface area contributed by atoms with Crippen molar-refractivity contribution in [1.82, 2.24) is 0 Å². The molecule has 2 unspecified atom stereocenters.